The Hall–Kier alpha value is -1.33. The number of benzene rings is 1. The lowest BCUT2D eigenvalue weighted by Gasteiger charge is -2.39. The Morgan fingerprint density at radius 1 is 1.00 bits per heavy atom. The molecule has 182 valence electrons. The highest BCUT2D eigenvalue weighted by Gasteiger charge is 2.25. The number of hydrogen-bond acceptors (Lipinski definition) is 3. The smallest absolute Gasteiger partial charge is 0.169 e. The number of para-hydroxylation sites is 1. The molecule has 1 aromatic carbocycles. The van der Waals surface area contributed by atoms with Crippen molar-refractivity contribution in [3.05, 3.63) is 29.8 Å². The van der Waals surface area contributed by atoms with E-state index < -0.39 is 0 Å². The van der Waals surface area contributed by atoms with Crippen molar-refractivity contribution in [3.8, 4) is 5.75 Å². The lowest BCUT2D eigenvalue weighted by atomic mass is 10.0. The van der Waals surface area contributed by atoms with Gasteiger partial charge >= 0.3 is 0 Å². The van der Waals surface area contributed by atoms with E-state index in [2.05, 4.69) is 41.2 Å². The first-order chi connectivity index (χ1) is 15.7. The summed E-state index contributed by atoms with van der Waals surface area (Å²) in [4.78, 5) is 4.83. The number of unbranched alkanes of at least 4 members (excludes halogenated alkanes) is 9. The molecule has 0 bridgehead atoms. The number of likely N-dealkylation sites (tertiary alicyclic amines) is 1. The summed E-state index contributed by atoms with van der Waals surface area (Å²) in [7, 11) is 3.96. The van der Waals surface area contributed by atoms with Crippen molar-refractivity contribution in [1.29, 1.82) is 0 Å². The van der Waals surface area contributed by atoms with Gasteiger partial charge in [-0.2, -0.15) is 0 Å². The number of nitrogens with one attached hydrogen (secondary N) is 1. The van der Waals surface area contributed by atoms with Crippen LogP contribution in [0.25, 0.3) is 0 Å². The fraction of sp³-hybridized carbons (Fsp3) is 0.741. The fourth-order valence-corrected chi connectivity index (χ4v) is 4.92. The Kier molecular flexibility index (Phi) is 13.7. The standard InChI is InChI=1S/C27H47N3OS/c1-4-5-6-7-8-9-10-11-12-15-20-28-27(32)30(25-18-21-29(2)22-19-25)23-24-16-13-14-17-26(24)31-3/h13-14,16-17,25H,4-12,15,18-23H2,1-3H3,(H,28,32). The van der Waals surface area contributed by atoms with Crippen LogP contribution < -0.4 is 10.1 Å². The third-order valence-electron chi connectivity index (χ3n) is 6.73. The van der Waals surface area contributed by atoms with Crippen molar-refractivity contribution < 1.29 is 4.74 Å². The van der Waals surface area contributed by atoms with Gasteiger partial charge in [-0.25, -0.2) is 0 Å². The molecule has 0 aliphatic carbocycles. The van der Waals surface area contributed by atoms with Gasteiger partial charge in [0, 0.05) is 24.7 Å². The first-order valence-electron chi connectivity index (χ1n) is 13.0. The maximum atomic E-state index is 5.89. The van der Waals surface area contributed by atoms with E-state index in [-0.39, 0.29) is 0 Å². The molecule has 1 aliphatic heterocycles. The van der Waals surface area contributed by atoms with Crippen LogP contribution in [0.5, 0.6) is 5.75 Å². The summed E-state index contributed by atoms with van der Waals surface area (Å²) in [6.45, 7) is 6.33. The molecule has 0 unspecified atom stereocenters. The topological polar surface area (TPSA) is 27.7 Å². The van der Waals surface area contributed by atoms with Gasteiger partial charge in [0.2, 0.25) is 0 Å². The second-order valence-corrected chi connectivity index (χ2v) is 9.77. The van der Waals surface area contributed by atoms with E-state index in [9.17, 15) is 0 Å². The van der Waals surface area contributed by atoms with Gasteiger partial charge in [0.25, 0.3) is 0 Å². The second-order valence-electron chi connectivity index (χ2n) is 9.39. The molecule has 1 heterocycles. The van der Waals surface area contributed by atoms with E-state index in [0.29, 0.717) is 6.04 Å². The zero-order valence-electron chi connectivity index (χ0n) is 20.9. The number of piperidine rings is 1. The van der Waals surface area contributed by atoms with Crippen LogP contribution in [-0.2, 0) is 6.54 Å². The molecule has 1 saturated heterocycles. The Morgan fingerprint density at radius 2 is 1.59 bits per heavy atom. The predicted molar refractivity (Wildman–Crippen MR) is 142 cm³/mol. The summed E-state index contributed by atoms with van der Waals surface area (Å²) in [5.74, 6) is 0.947. The van der Waals surface area contributed by atoms with Crippen LogP contribution in [-0.4, -0.2) is 54.7 Å². The molecule has 1 aliphatic rings. The van der Waals surface area contributed by atoms with Crippen LogP contribution in [0.2, 0.25) is 0 Å². The fourth-order valence-electron chi connectivity index (χ4n) is 4.60. The summed E-state index contributed by atoms with van der Waals surface area (Å²) in [6, 6.07) is 8.81. The van der Waals surface area contributed by atoms with Crippen molar-refractivity contribution in [3.63, 3.8) is 0 Å². The minimum Gasteiger partial charge on any atom is -0.496 e. The average Bonchev–Trinajstić information content (AvgIpc) is 2.81. The van der Waals surface area contributed by atoms with Crippen LogP contribution in [0.4, 0.5) is 0 Å². The quantitative estimate of drug-likeness (QED) is 0.241. The van der Waals surface area contributed by atoms with Crippen LogP contribution in [0.3, 0.4) is 0 Å². The van der Waals surface area contributed by atoms with Crippen molar-refractivity contribution >= 4 is 17.3 Å². The molecule has 1 fully saturated rings. The van der Waals surface area contributed by atoms with Crippen molar-refractivity contribution in [2.24, 2.45) is 0 Å². The number of nitrogens with zero attached hydrogens (tertiary/aromatic N) is 2. The van der Waals surface area contributed by atoms with Gasteiger partial charge in [-0.1, -0.05) is 82.9 Å². The van der Waals surface area contributed by atoms with Gasteiger partial charge in [0.1, 0.15) is 5.75 Å². The largest absolute Gasteiger partial charge is 0.496 e. The van der Waals surface area contributed by atoms with Gasteiger partial charge in [-0.3, -0.25) is 0 Å². The maximum Gasteiger partial charge on any atom is 0.169 e. The first kappa shape index (κ1) is 26.9. The van der Waals surface area contributed by atoms with E-state index in [1.165, 1.54) is 69.8 Å². The van der Waals surface area contributed by atoms with E-state index in [4.69, 9.17) is 17.0 Å². The lowest BCUT2D eigenvalue weighted by Crippen LogP contribution is -2.49. The van der Waals surface area contributed by atoms with Gasteiger partial charge < -0.3 is 19.9 Å². The highest BCUT2D eigenvalue weighted by molar-refractivity contribution is 7.80. The molecule has 1 aromatic rings. The highest BCUT2D eigenvalue weighted by Crippen LogP contribution is 2.24. The first-order valence-corrected chi connectivity index (χ1v) is 13.4. The van der Waals surface area contributed by atoms with Crippen LogP contribution >= 0.6 is 12.2 Å². The summed E-state index contributed by atoms with van der Waals surface area (Å²) in [5, 5.41) is 4.48. The van der Waals surface area contributed by atoms with E-state index in [0.717, 1.165) is 49.9 Å². The summed E-state index contributed by atoms with van der Waals surface area (Å²) in [5.41, 5.74) is 1.21. The normalized spacial score (nSPS) is 15.0. The average molecular weight is 462 g/mol. The van der Waals surface area contributed by atoms with Gasteiger partial charge in [-0.05, 0) is 57.7 Å². The maximum absolute atomic E-state index is 5.89. The van der Waals surface area contributed by atoms with Crippen molar-refractivity contribution in [2.75, 3.05) is 33.8 Å². The monoisotopic (exact) mass is 461 g/mol. The molecule has 1 N–H and O–H groups in total. The Balaban J connectivity index is 1.75. The summed E-state index contributed by atoms with van der Waals surface area (Å²) >= 11 is 5.89. The number of thiocarbonyl (C=S) groups is 1. The summed E-state index contributed by atoms with van der Waals surface area (Å²) in [6.07, 6.45) is 15.9. The van der Waals surface area contributed by atoms with E-state index in [1.807, 2.05) is 12.1 Å². The third-order valence-corrected chi connectivity index (χ3v) is 7.11. The molecule has 0 amide bonds. The van der Waals surface area contributed by atoms with Crippen molar-refractivity contribution in [2.45, 2.75) is 96.6 Å². The van der Waals surface area contributed by atoms with Crippen LogP contribution in [0.15, 0.2) is 24.3 Å². The van der Waals surface area contributed by atoms with Gasteiger partial charge in [0.05, 0.1) is 7.11 Å². The molecule has 32 heavy (non-hydrogen) atoms. The third kappa shape index (κ3) is 10.1. The number of ether oxygens (including phenoxy) is 1. The molecule has 5 heteroatoms. The SMILES string of the molecule is CCCCCCCCCCCCNC(=S)N(Cc1ccccc1OC)C1CCN(C)CC1. The number of rotatable bonds is 15. The molecule has 0 radical (unpaired) electrons. The lowest BCUT2D eigenvalue weighted by molar-refractivity contribution is 0.170. The Bertz CT molecular complexity index is 631. The zero-order valence-corrected chi connectivity index (χ0v) is 21.7. The zero-order chi connectivity index (χ0) is 23.0. The van der Waals surface area contributed by atoms with E-state index >= 15 is 0 Å². The molecule has 0 spiro atoms. The molecule has 4 nitrogen and oxygen atoms in total. The van der Waals surface area contributed by atoms with Crippen molar-refractivity contribution in [1.82, 2.24) is 15.1 Å². The number of methoxy groups -OCH3 is 1. The predicted octanol–water partition coefficient (Wildman–Crippen LogP) is 6.39. The highest BCUT2D eigenvalue weighted by atomic mass is 32.1. The molecule has 2 rings (SSSR count). The Morgan fingerprint density at radius 3 is 2.22 bits per heavy atom. The van der Waals surface area contributed by atoms with Crippen LogP contribution in [0.1, 0.15) is 89.5 Å². The van der Waals surface area contributed by atoms with Gasteiger partial charge in [-0.15, -0.1) is 0 Å². The molecular weight excluding hydrogens is 414 g/mol. The Labute approximate surface area is 203 Å². The molecule has 0 saturated carbocycles. The van der Waals surface area contributed by atoms with Gasteiger partial charge in [0.15, 0.2) is 5.11 Å². The second kappa shape index (κ2) is 16.3. The number of hydrogen-bond donors (Lipinski definition) is 1. The van der Waals surface area contributed by atoms with Crippen LogP contribution in [0, 0.1) is 0 Å². The molecular formula is C27H47N3OS. The molecule has 0 atom stereocenters. The van der Waals surface area contributed by atoms with E-state index in [1.54, 1.807) is 7.11 Å². The summed E-state index contributed by atoms with van der Waals surface area (Å²) < 4.78 is 5.60. The minimum absolute atomic E-state index is 0.490. The molecule has 0 aromatic heterocycles. The minimum atomic E-state index is 0.490.